The Balaban J connectivity index is 1.67. The maximum absolute atomic E-state index is 9.90. The standard InChI is InChI=1S/C16H30N2O/c1-12(2)17-16(11-19)7-3-4-15(9-16)18-10-13-5-6-14(18)8-13/h12-15,17,19H,3-11H2,1-2H3. The fourth-order valence-electron chi connectivity index (χ4n) is 4.96. The normalized spacial score (nSPS) is 43.3. The van der Waals surface area contributed by atoms with Gasteiger partial charge in [0, 0.05) is 30.2 Å². The van der Waals surface area contributed by atoms with Gasteiger partial charge in [-0.1, -0.05) is 13.8 Å². The Hall–Kier alpha value is -0.120. The lowest BCUT2D eigenvalue weighted by atomic mass is 9.78. The van der Waals surface area contributed by atoms with Gasteiger partial charge in [-0.25, -0.2) is 0 Å². The van der Waals surface area contributed by atoms with Crippen molar-refractivity contribution in [2.45, 2.75) is 82.5 Å². The fourth-order valence-corrected chi connectivity index (χ4v) is 4.96. The Morgan fingerprint density at radius 1 is 1.26 bits per heavy atom. The first kappa shape index (κ1) is 13.8. The number of nitrogens with zero attached hydrogens (tertiary/aromatic N) is 1. The summed E-state index contributed by atoms with van der Waals surface area (Å²) in [6.45, 7) is 6.01. The first-order valence-corrected chi connectivity index (χ1v) is 8.26. The van der Waals surface area contributed by atoms with Crippen LogP contribution in [0.4, 0.5) is 0 Å². The molecule has 0 amide bonds. The number of likely N-dealkylation sites (tertiary alicyclic amines) is 1. The minimum atomic E-state index is -0.0150. The third kappa shape index (κ3) is 2.70. The summed E-state index contributed by atoms with van der Waals surface area (Å²) in [7, 11) is 0. The SMILES string of the molecule is CC(C)NC1(CO)CCCC(N2CC3CCC2C3)C1. The average molecular weight is 266 g/mol. The molecule has 4 unspecified atom stereocenters. The molecule has 110 valence electrons. The molecule has 1 heterocycles. The van der Waals surface area contributed by atoms with E-state index in [-0.39, 0.29) is 5.54 Å². The second-order valence-electron chi connectivity index (χ2n) is 7.52. The smallest absolute Gasteiger partial charge is 0.0613 e. The van der Waals surface area contributed by atoms with Crippen molar-refractivity contribution in [1.82, 2.24) is 10.2 Å². The minimum Gasteiger partial charge on any atom is -0.394 e. The Bertz CT molecular complexity index is 320. The third-order valence-electron chi connectivity index (χ3n) is 5.64. The Morgan fingerprint density at radius 3 is 2.68 bits per heavy atom. The molecule has 3 rings (SSSR count). The van der Waals surface area contributed by atoms with Gasteiger partial charge in [0.15, 0.2) is 0 Å². The van der Waals surface area contributed by atoms with E-state index in [1.165, 1.54) is 38.6 Å². The van der Waals surface area contributed by atoms with E-state index in [4.69, 9.17) is 0 Å². The lowest BCUT2D eigenvalue weighted by Crippen LogP contribution is -2.58. The zero-order chi connectivity index (χ0) is 13.5. The van der Waals surface area contributed by atoms with Crippen molar-refractivity contribution in [1.29, 1.82) is 0 Å². The zero-order valence-corrected chi connectivity index (χ0v) is 12.6. The molecule has 3 fully saturated rings. The van der Waals surface area contributed by atoms with Crippen LogP contribution in [0.1, 0.15) is 58.8 Å². The van der Waals surface area contributed by atoms with Crippen LogP contribution in [0.15, 0.2) is 0 Å². The summed E-state index contributed by atoms with van der Waals surface area (Å²) in [6.07, 6.45) is 9.21. The lowest BCUT2D eigenvalue weighted by Gasteiger charge is -2.46. The van der Waals surface area contributed by atoms with Crippen LogP contribution in [-0.4, -0.2) is 46.8 Å². The first-order chi connectivity index (χ1) is 9.12. The number of aliphatic hydroxyl groups is 1. The van der Waals surface area contributed by atoms with Gasteiger partial charge in [-0.2, -0.15) is 0 Å². The molecule has 0 spiro atoms. The van der Waals surface area contributed by atoms with Crippen LogP contribution in [0.2, 0.25) is 0 Å². The van der Waals surface area contributed by atoms with E-state index in [2.05, 4.69) is 24.1 Å². The summed E-state index contributed by atoms with van der Waals surface area (Å²) in [5.41, 5.74) is -0.0150. The predicted octanol–water partition coefficient (Wildman–Crippen LogP) is 2.14. The van der Waals surface area contributed by atoms with Gasteiger partial charge in [0.2, 0.25) is 0 Å². The Morgan fingerprint density at radius 2 is 2.11 bits per heavy atom. The van der Waals surface area contributed by atoms with Gasteiger partial charge in [-0.05, 0) is 50.9 Å². The van der Waals surface area contributed by atoms with Gasteiger partial charge in [0.25, 0.3) is 0 Å². The maximum Gasteiger partial charge on any atom is 0.0613 e. The van der Waals surface area contributed by atoms with Gasteiger partial charge >= 0.3 is 0 Å². The molecule has 0 aromatic heterocycles. The highest BCUT2D eigenvalue weighted by molar-refractivity contribution is 5.02. The van der Waals surface area contributed by atoms with Crippen LogP contribution in [0.25, 0.3) is 0 Å². The van der Waals surface area contributed by atoms with Crippen molar-refractivity contribution in [3.63, 3.8) is 0 Å². The molecule has 3 aliphatic rings. The average Bonchev–Trinajstić information content (AvgIpc) is 3.00. The second-order valence-corrected chi connectivity index (χ2v) is 7.52. The van der Waals surface area contributed by atoms with Crippen LogP contribution < -0.4 is 5.32 Å². The Labute approximate surface area is 117 Å². The third-order valence-corrected chi connectivity index (χ3v) is 5.64. The summed E-state index contributed by atoms with van der Waals surface area (Å²) in [5.74, 6) is 0.980. The van der Waals surface area contributed by atoms with Gasteiger partial charge in [0.1, 0.15) is 0 Å². The molecule has 2 bridgehead atoms. The number of hydrogen-bond donors (Lipinski definition) is 2. The molecule has 1 aliphatic heterocycles. The predicted molar refractivity (Wildman–Crippen MR) is 78.2 cm³/mol. The minimum absolute atomic E-state index is 0.0150. The Kier molecular flexibility index (Phi) is 3.89. The van der Waals surface area contributed by atoms with Crippen LogP contribution in [-0.2, 0) is 0 Å². The highest BCUT2D eigenvalue weighted by Crippen LogP contribution is 2.42. The van der Waals surface area contributed by atoms with E-state index in [0.717, 1.165) is 24.8 Å². The largest absolute Gasteiger partial charge is 0.394 e. The summed E-state index contributed by atoms with van der Waals surface area (Å²) in [6, 6.07) is 2.03. The fraction of sp³-hybridized carbons (Fsp3) is 1.00. The number of rotatable bonds is 4. The molecule has 19 heavy (non-hydrogen) atoms. The number of fused-ring (bicyclic) bond motifs is 2. The maximum atomic E-state index is 9.90. The van der Waals surface area contributed by atoms with E-state index >= 15 is 0 Å². The molecule has 2 N–H and O–H groups in total. The van der Waals surface area contributed by atoms with Gasteiger partial charge in [-0.3, -0.25) is 4.90 Å². The molecule has 3 nitrogen and oxygen atoms in total. The quantitative estimate of drug-likeness (QED) is 0.818. The van der Waals surface area contributed by atoms with Crippen molar-refractivity contribution in [3.05, 3.63) is 0 Å². The van der Waals surface area contributed by atoms with Crippen molar-refractivity contribution >= 4 is 0 Å². The van der Waals surface area contributed by atoms with E-state index in [1.54, 1.807) is 0 Å². The van der Waals surface area contributed by atoms with Gasteiger partial charge in [-0.15, -0.1) is 0 Å². The van der Waals surface area contributed by atoms with Crippen molar-refractivity contribution < 1.29 is 5.11 Å². The van der Waals surface area contributed by atoms with E-state index in [0.29, 0.717) is 18.7 Å². The molecular formula is C16H30N2O. The molecule has 0 aromatic carbocycles. The molecule has 2 aliphatic carbocycles. The highest BCUT2D eigenvalue weighted by atomic mass is 16.3. The van der Waals surface area contributed by atoms with Gasteiger partial charge < -0.3 is 10.4 Å². The van der Waals surface area contributed by atoms with Crippen molar-refractivity contribution in [2.24, 2.45) is 5.92 Å². The lowest BCUT2D eigenvalue weighted by molar-refractivity contribution is 0.0409. The van der Waals surface area contributed by atoms with Gasteiger partial charge in [0.05, 0.1) is 6.61 Å². The number of hydrogen-bond acceptors (Lipinski definition) is 3. The summed E-state index contributed by atoms with van der Waals surface area (Å²) in [4.78, 5) is 2.79. The van der Waals surface area contributed by atoms with Crippen LogP contribution >= 0.6 is 0 Å². The summed E-state index contributed by atoms with van der Waals surface area (Å²) < 4.78 is 0. The van der Waals surface area contributed by atoms with Crippen LogP contribution in [0.5, 0.6) is 0 Å². The monoisotopic (exact) mass is 266 g/mol. The molecule has 3 heteroatoms. The van der Waals surface area contributed by atoms with Crippen molar-refractivity contribution in [3.8, 4) is 0 Å². The molecule has 0 radical (unpaired) electrons. The van der Waals surface area contributed by atoms with E-state index in [9.17, 15) is 5.11 Å². The molecule has 1 saturated heterocycles. The van der Waals surface area contributed by atoms with Crippen LogP contribution in [0, 0.1) is 5.92 Å². The summed E-state index contributed by atoms with van der Waals surface area (Å²) in [5, 5.41) is 13.6. The van der Waals surface area contributed by atoms with Crippen LogP contribution in [0.3, 0.4) is 0 Å². The molecule has 4 atom stereocenters. The van der Waals surface area contributed by atoms with E-state index in [1.807, 2.05) is 0 Å². The number of piperidine rings is 1. The number of nitrogens with one attached hydrogen (secondary N) is 1. The topological polar surface area (TPSA) is 35.5 Å². The first-order valence-electron chi connectivity index (χ1n) is 8.26. The summed E-state index contributed by atoms with van der Waals surface area (Å²) >= 11 is 0. The highest BCUT2D eigenvalue weighted by Gasteiger charge is 2.45. The molecule has 0 aromatic rings. The van der Waals surface area contributed by atoms with Crippen molar-refractivity contribution in [2.75, 3.05) is 13.2 Å². The number of aliphatic hydroxyl groups excluding tert-OH is 1. The molecular weight excluding hydrogens is 236 g/mol. The molecule has 2 saturated carbocycles. The zero-order valence-electron chi connectivity index (χ0n) is 12.6. The van der Waals surface area contributed by atoms with E-state index < -0.39 is 0 Å². The second kappa shape index (κ2) is 5.34.